The first-order chi connectivity index (χ1) is 6.87. The molecule has 0 aliphatic heterocycles. The average Bonchev–Trinajstić information content (AvgIpc) is 2.59. The van der Waals surface area contributed by atoms with Gasteiger partial charge in [0, 0.05) is 5.41 Å². The van der Waals surface area contributed by atoms with Gasteiger partial charge in [0.2, 0.25) is 6.29 Å². The van der Waals surface area contributed by atoms with Crippen molar-refractivity contribution in [3.63, 3.8) is 0 Å². The average molecular weight is 224 g/mol. The molecule has 0 aromatic carbocycles. The van der Waals surface area contributed by atoms with E-state index in [0.29, 0.717) is 0 Å². The number of H-pyrrole nitrogens is 1. The van der Waals surface area contributed by atoms with Crippen LogP contribution in [0.4, 0.5) is 0 Å². The molecule has 0 saturated carbocycles. The highest BCUT2D eigenvalue weighted by molar-refractivity contribution is 7.13. The van der Waals surface area contributed by atoms with Crippen LogP contribution in [-0.4, -0.2) is 6.29 Å². The van der Waals surface area contributed by atoms with Crippen molar-refractivity contribution < 1.29 is 9.78 Å². The molecule has 1 aromatic heterocycles. The van der Waals surface area contributed by atoms with Crippen LogP contribution in [-0.2, 0) is 10.8 Å². The lowest BCUT2D eigenvalue weighted by Crippen LogP contribution is -2.37. The van der Waals surface area contributed by atoms with Crippen molar-refractivity contribution in [3.05, 3.63) is 15.6 Å². The maximum absolute atomic E-state index is 10.8. The molecule has 1 N–H and O–H groups in total. The van der Waals surface area contributed by atoms with Crippen LogP contribution in [0.25, 0.3) is 0 Å². The number of hydrogen-bond acceptors (Lipinski definition) is 2. The van der Waals surface area contributed by atoms with Gasteiger partial charge >= 0.3 is 5.01 Å². The molecule has 1 aliphatic carbocycles. The molecule has 0 atom stereocenters. The van der Waals surface area contributed by atoms with Gasteiger partial charge in [-0.2, -0.15) is 4.98 Å². The lowest BCUT2D eigenvalue weighted by Gasteiger charge is -2.34. The molecule has 0 bridgehead atoms. The number of rotatable bonds is 1. The number of nitrogens with one attached hydrogen (secondary N) is 1. The van der Waals surface area contributed by atoms with Crippen LogP contribution in [0.15, 0.2) is 0 Å². The highest BCUT2D eigenvalue weighted by Gasteiger charge is 2.44. The molecule has 0 saturated heterocycles. The second-order valence-electron chi connectivity index (χ2n) is 5.68. The Morgan fingerprint density at radius 3 is 2.33 bits per heavy atom. The van der Waals surface area contributed by atoms with E-state index in [-0.39, 0.29) is 10.8 Å². The number of carbonyl (C=O) groups is 1. The zero-order valence-electron chi connectivity index (χ0n) is 9.81. The first kappa shape index (κ1) is 10.8. The van der Waals surface area contributed by atoms with E-state index in [4.69, 9.17) is 0 Å². The summed E-state index contributed by atoms with van der Waals surface area (Å²) in [6.07, 6.45) is 3.30. The van der Waals surface area contributed by atoms with Crippen LogP contribution in [0.1, 0.15) is 60.9 Å². The predicted molar refractivity (Wildman–Crippen MR) is 61.5 cm³/mol. The molecule has 2 nitrogen and oxygen atoms in total. The van der Waals surface area contributed by atoms with E-state index >= 15 is 0 Å². The Morgan fingerprint density at radius 1 is 1.20 bits per heavy atom. The number of carbonyl (C=O) groups excluding carboxylic acids is 1. The molecule has 2 rings (SSSR count). The third-order valence-electron chi connectivity index (χ3n) is 3.46. The van der Waals surface area contributed by atoms with Crippen LogP contribution in [0.2, 0.25) is 0 Å². The zero-order chi connectivity index (χ0) is 11.3. The minimum absolute atomic E-state index is 0.183. The fourth-order valence-electron chi connectivity index (χ4n) is 2.24. The van der Waals surface area contributed by atoms with Crippen LogP contribution in [0.5, 0.6) is 0 Å². The molecule has 0 fully saturated rings. The van der Waals surface area contributed by atoms with Crippen LogP contribution >= 0.6 is 11.3 Å². The maximum Gasteiger partial charge on any atom is 0.300 e. The van der Waals surface area contributed by atoms with Crippen molar-refractivity contribution in [2.45, 2.75) is 51.4 Å². The molecule has 3 heteroatoms. The number of aromatic nitrogens is 1. The van der Waals surface area contributed by atoms with Crippen molar-refractivity contribution in [1.82, 2.24) is 0 Å². The largest absolute Gasteiger partial charge is 0.300 e. The van der Waals surface area contributed by atoms with Crippen molar-refractivity contribution >= 4 is 17.6 Å². The molecule has 1 heterocycles. The molecule has 0 amide bonds. The van der Waals surface area contributed by atoms with Gasteiger partial charge < -0.3 is 0 Å². The predicted octanol–water partition coefficient (Wildman–Crippen LogP) is 2.72. The fraction of sp³-hybridized carbons (Fsp3) is 0.667. The van der Waals surface area contributed by atoms with Crippen molar-refractivity contribution in [2.75, 3.05) is 0 Å². The van der Waals surface area contributed by atoms with Gasteiger partial charge in [0.15, 0.2) is 5.69 Å². The standard InChI is InChI=1S/C12H17NOS/c1-11(2)5-6-12(3,4)10-9(11)13-8(7-14)15-10/h7H,5-6H2,1-4H3/p+1. The van der Waals surface area contributed by atoms with E-state index in [0.717, 1.165) is 11.3 Å². The molecule has 1 aromatic rings. The van der Waals surface area contributed by atoms with Gasteiger partial charge in [-0.1, -0.05) is 25.2 Å². The quantitative estimate of drug-likeness (QED) is 0.675. The molecule has 0 spiro atoms. The monoisotopic (exact) mass is 224 g/mol. The number of thiazole rings is 1. The highest BCUT2D eigenvalue weighted by atomic mass is 32.1. The smallest absolute Gasteiger partial charge is 0.290 e. The van der Waals surface area contributed by atoms with Gasteiger partial charge in [-0.3, -0.25) is 4.79 Å². The molecule has 1 aliphatic rings. The van der Waals surface area contributed by atoms with Crippen LogP contribution < -0.4 is 4.98 Å². The maximum atomic E-state index is 10.8. The Bertz CT molecular complexity index is 370. The van der Waals surface area contributed by atoms with Gasteiger partial charge in [-0.15, -0.1) is 0 Å². The van der Waals surface area contributed by atoms with Gasteiger partial charge in [0.25, 0.3) is 0 Å². The third kappa shape index (κ3) is 1.63. The Hall–Kier alpha value is -0.700. The molecule has 0 radical (unpaired) electrons. The van der Waals surface area contributed by atoms with Crippen LogP contribution in [0, 0.1) is 0 Å². The van der Waals surface area contributed by atoms with Gasteiger partial charge in [-0.25, -0.2) is 0 Å². The van der Waals surface area contributed by atoms with E-state index in [1.165, 1.54) is 23.4 Å². The van der Waals surface area contributed by atoms with Crippen molar-refractivity contribution in [2.24, 2.45) is 0 Å². The minimum Gasteiger partial charge on any atom is -0.290 e. The Labute approximate surface area is 94.7 Å². The van der Waals surface area contributed by atoms with Gasteiger partial charge in [-0.05, 0) is 26.7 Å². The summed E-state index contributed by atoms with van der Waals surface area (Å²) in [6.45, 7) is 9.03. The molecule has 82 valence electrons. The van der Waals surface area contributed by atoms with Gasteiger partial charge in [0.1, 0.15) is 0 Å². The number of aromatic amines is 1. The Morgan fingerprint density at radius 2 is 1.80 bits per heavy atom. The first-order valence-electron chi connectivity index (χ1n) is 5.39. The second-order valence-corrected chi connectivity index (χ2v) is 6.73. The summed E-state index contributed by atoms with van der Waals surface area (Å²) in [5.41, 5.74) is 1.67. The number of fused-ring (bicyclic) bond motifs is 1. The van der Waals surface area contributed by atoms with Crippen LogP contribution in [0.3, 0.4) is 0 Å². The summed E-state index contributed by atoms with van der Waals surface area (Å²) in [5.74, 6) is 0. The second kappa shape index (κ2) is 3.14. The summed E-state index contributed by atoms with van der Waals surface area (Å²) in [5, 5.41) is 0.753. The topological polar surface area (TPSA) is 31.2 Å². The fourth-order valence-corrected chi connectivity index (χ4v) is 3.47. The molecule has 0 unspecified atom stereocenters. The summed E-state index contributed by atoms with van der Waals surface area (Å²) < 4.78 is 0. The lowest BCUT2D eigenvalue weighted by molar-refractivity contribution is -0.394. The number of aldehydes is 1. The lowest BCUT2D eigenvalue weighted by atomic mass is 9.69. The summed E-state index contributed by atoms with van der Waals surface area (Å²) in [6, 6.07) is 0. The van der Waals surface area contributed by atoms with E-state index in [1.54, 1.807) is 11.3 Å². The Balaban J connectivity index is 2.61. The van der Waals surface area contributed by atoms with E-state index in [1.807, 2.05) is 0 Å². The summed E-state index contributed by atoms with van der Waals surface area (Å²) in [4.78, 5) is 15.5. The summed E-state index contributed by atoms with van der Waals surface area (Å²) >= 11 is 1.62. The molecular formula is C12H18NOS+. The first-order valence-corrected chi connectivity index (χ1v) is 6.21. The SMILES string of the molecule is CC1(C)CCC(C)(C)c2sc(C=O)[nH+]c21. The normalized spacial score (nSPS) is 22.1. The Kier molecular flexibility index (Phi) is 2.26. The zero-order valence-corrected chi connectivity index (χ0v) is 10.6. The molecule has 15 heavy (non-hydrogen) atoms. The summed E-state index contributed by atoms with van der Waals surface area (Å²) in [7, 11) is 0. The highest BCUT2D eigenvalue weighted by Crippen LogP contribution is 2.46. The third-order valence-corrected chi connectivity index (χ3v) is 4.84. The van der Waals surface area contributed by atoms with Gasteiger partial charge in [0.05, 0.1) is 10.3 Å². The molecular weight excluding hydrogens is 206 g/mol. The van der Waals surface area contributed by atoms with E-state index in [2.05, 4.69) is 32.7 Å². The minimum atomic E-state index is 0.183. The number of hydrogen-bond donors (Lipinski definition) is 0. The van der Waals surface area contributed by atoms with Crippen molar-refractivity contribution in [3.8, 4) is 0 Å². The van der Waals surface area contributed by atoms with Crippen molar-refractivity contribution in [1.29, 1.82) is 0 Å². The van der Waals surface area contributed by atoms with E-state index in [9.17, 15) is 4.79 Å². The van der Waals surface area contributed by atoms with E-state index < -0.39 is 0 Å².